The fourth-order valence-electron chi connectivity index (χ4n) is 6.47. The van der Waals surface area contributed by atoms with Gasteiger partial charge in [-0.2, -0.15) is 5.10 Å². The molecule has 41 heavy (non-hydrogen) atoms. The van der Waals surface area contributed by atoms with Crippen molar-refractivity contribution in [1.82, 2.24) is 40.3 Å². The van der Waals surface area contributed by atoms with E-state index in [4.69, 9.17) is 4.98 Å². The molecule has 3 aromatic heterocycles. The van der Waals surface area contributed by atoms with Crippen LogP contribution in [0.3, 0.4) is 0 Å². The topological polar surface area (TPSA) is 124 Å². The van der Waals surface area contributed by atoms with Gasteiger partial charge in [0, 0.05) is 60.8 Å². The molecule has 2 aliphatic heterocycles. The van der Waals surface area contributed by atoms with Crippen molar-refractivity contribution < 1.29 is 4.79 Å². The van der Waals surface area contributed by atoms with Crippen LogP contribution in [-0.4, -0.2) is 85.0 Å². The Hall–Kier alpha value is -4.32. The van der Waals surface area contributed by atoms with E-state index >= 15 is 0 Å². The minimum Gasteiger partial charge on any atom is -0.353 e. The lowest BCUT2D eigenvalue weighted by Crippen LogP contribution is -2.56. The van der Waals surface area contributed by atoms with E-state index in [9.17, 15) is 4.79 Å². The zero-order chi connectivity index (χ0) is 29.1. The summed E-state index contributed by atoms with van der Waals surface area (Å²) in [6.45, 7) is 15.5. The van der Waals surface area contributed by atoms with Crippen LogP contribution < -0.4 is 15.1 Å². The lowest BCUT2D eigenvalue weighted by atomic mass is 9.89. The second-order valence-electron chi connectivity index (χ2n) is 11.6. The van der Waals surface area contributed by atoms with Crippen LogP contribution >= 0.6 is 0 Å². The summed E-state index contributed by atoms with van der Waals surface area (Å²) in [6, 6.07) is 10.8. The Morgan fingerprint density at radius 3 is 2.63 bits per heavy atom. The zero-order valence-corrected chi connectivity index (χ0v) is 24.7. The molecule has 0 unspecified atom stereocenters. The molecule has 0 bridgehead atoms. The Kier molecular flexibility index (Phi) is 6.52. The molecule has 2 atom stereocenters. The number of H-pyrrole nitrogens is 1. The van der Waals surface area contributed by atoms with Gasteiger partial charge in [-0.05, 0) is 81.9 Å². The van der Waals surface area contributed by atoms with E-state index in [2.05, 4.69) is 67.7 Å². The van der Waals surface area contributed by atoms with Crippen molar-refractivity contribution in [2.45, 2.75) is 59.2 Å². The summed E-state index contributed by atoms with van der Waals surface area (Å²) in [5, 5.41) is 23.9. The van der Waals surface area contributed by atoms with Crippen LogP contribution in [0.1, 0.15) is 41.5 Å². The molecule has 2 aliphatic rings. The van der Waals surface area contributed by atoms with Gasteiger partial charge in [0.2, 0.25) is 5.95 Å². The second-order valence-corrected chi connectivity index (χ2v) is 11.6. The van der Waals surface area contributed by atoms with Gasteiger partial charge >= 0.3 is 0 Å². The second kappa shape index (κ2) is 9.95. The maximum absolute atomic E-state index is 13.7. The SMILES string of the molecule is CCN1[C@H](C)CN(c2cc(-c3n[nH]c4ccc(NC(=O)C5=C(C)N(C)c6nnnn6C5(C)C)cc34)ccn2)C[C@@H]1C. The Balaban J connectivity index is 1.29. The highest BCUT2D eigenvalue weighted by molar-refractivity contribution is 6.07. The van der Waals surface area contributed by atoms with Crippen molar-refractivity contribution in [1.29, 1.82) is 0 Å². The van der Waals surface area contributed by atoms with Crippen LogP contribution in [0.15, 0.2) is 47.8 Å². The molecule has 1 saturated heterocycles. The number of aromatic nitrogens is 7. The van der Waals surface area contributed by atoms with E-state index in [0.29, 0.717) is 29.3 Å². The highest BCUT2D eigenvalue weighted by Crippen LogP contribution is 2.38. The van der Waals surface area contributed by atoms with Gasteiger partial charge in [0.15, 0.2) is 0 Å². The number of amides is 1. The summed E-state index contributed by atoms with van der Waals surface area (Å²) in [4.78, 5) is 25.1. The third kappa shape index (κ3) is 4.42. The summed E-state index contributed by atoms with van der Waals surface area (Å²) in [6.07, 6.45) is 1.85. The maximum Gasteiger partial charge on any atom is 0.255 e. The average Bonchev–Trinajstić information content (AvgIpc) is 3.60. The first-order valence-corrected chi connectivity index (χ1v) is 14.1. The van der Waals surface area contributed by atoms with E-state index < -0.39 is 5.54 Å². The van der Waals surface area contributed by atoms with Crippen molar-refractivity contribution >= 4 is 34.3 Å². The number of fused-ring (bicyclic) bond motifs is 2. The summed E-state index contributed by atoms with van der Waals surface area (Å²) >= 11 is 0. The fraction of sp³-hybridized carbons (Fsp3) is 0.448. The van der Waals surface area contributed by atoms with Crippen molar-refractivity contribution in [3.63, 3.8) is 0 Å². The number of pyridine rings is 1. The number of likely N-dealkylation sites (N-methyl/N-ethyl adjacent to an activating group) is 1. The van der Waals surface area contributed by atoms with Crippen LogP contribution in [-0.2, 0) is 10.3 Å². The number of nitrogens with zero attached hydrogens (tertiary/aromatic N) is 9. The van der Waals surface area contributed by atoms with E-state index in [1.54, 1.807) is 4.68 Å². The first-order valence-electron chi connectivity index (χ1n) is 14.1. The number of benzene rings is 1. The summed E-state index contributed by atoms with van der Waals surface area (Å²) in [7, 11) is 1.86. The molecule has 0 aliphatic carbocycles. The van der Waals surface area contributed by atoms with E-state index in [-0.39, 0.29) is 5.91 Å². The predicted octanol–water partition coefficient (Wildman–Crippen LogP) is 3.63. The largest absolute Gasteiger partial charge is 0.353 e. The first-order chi connectivity index (χ1) is 19.6. The number of allylic oxidation sites excluding steroid dienone is 1. The predicted molar refractivity (Wildman–Crippen MR) is 160 cm³/mol. The lowest BCUT2D eigenvalue weighted by Gasteiger charge is -2.44. The number of hydrogen-bond acceptors (Lipinski definition) is 9. The number of tetrazole rings is 1. The summed E-state index contributed by atoms with van der Waals surface area (Å²) < 4.78 is 1.68. The molecule has 12 heteroatoms. The minimum absolute atomic E-state index is 0.203. The molecule has 214 valence electrons. The van der Waals surface area contributed by atoms with Crippen LogP contribution in [0.5, 0.6) is 0 Å². The fourth-order valence-corrected chi connectivity index (χ4v) is 6.47. The molecule has 12 nitrogen and oxygen atoms in total. The number of aromatic amines is 1. The molecule has 1 fully saturated rings. The first kappa shape index (κ1) is 26.9. The van der Waals surface area contributed by atoms with E-state index in [1.807, 2.05) is 63.2 Å². The standard InChI is InChI=1S/C29H37N11O/c1-8-39-17(2)15-38(16-18(39)3)24-13-20(11-12-30-24)26-22-14-21(9-10-23(22)32-33-26)31-27(41)25-19(4)37(7)28-34-35-36-40(28)29(25,5)6/h9-14,17-18H,8,15-16H2,1-7H3,(H,31,41)(H,32,33)/t17-,18+. The molecule has 0 spiro atoms. The molecule has 4 aromatic rings. The molecule has 1 aromatic carbocycles. The van der Waals surface area contributed by atoms with Gasteiger partial charge in [0.1, 0.15) is 11.5 Å². The normalized spacial score (nSPS) is 21.0. The van der Waals surface area contributed by atoms with Crippen LogP contribution in [0.4, 0.5) is 17.5 Å². The molecule has 6 rings (SSSR count). The number of piperazine rings is 1. The van der Waals surface area contributed by atoms with Crippen molar-refractivity contribution in [2.75, 3.05) is 41.8 Å². The number of rotatable bonds is 5. The van der Waals surface area contributed by atoms with E-state index in [0.717, 1.165) is 53.3 Å². The highest BCUT2D eigenvalue weighted by atomic mass is 16.1. The monoisotopic (exact) mass is 555 g/mol. The average molecular weight is 556 g/mol. The maximum atomic E-state index is 13.7. The molecule has 5 heterocycles. The smallest absolute Gasteiger partial charge is 0.255 e. The van der Waals surface area contributed by atoms with Gasteiger partial charge in [-0.25, -0.2) is 9.67 Å². The third-order valence-corrected chi connectivity index (χ3v) is 8.62. The Morgan fingerprint density at radius 1 is 1.15 bits per heavy atom. The molecule has 0 radical (unpaired) electrons. The van der Waals surface area contributed by atoms with Crippen LogP contribution in [0, 0.1) is 0 Å². The quantitative estimate of drug-likeness (QED) is 0.380. The number of hydrogen-bond donors (Lipinski definition) is 2. The van der Waals surface area contributed by atoms with Crippen LogP contribution in [0.2, 0.25) is 0 Å². The molecule has 2 N–H and O–H groups in total. The van der Waals surface area contributed by atoms with Crippen molar-refractivity contribution in [3.05, 3.63) is 47.8 Å². The lowest BCUT2D eigenvalue weighted by molar-refractivity contribution is -0.113. The summed E-state index contributed by atoms with van der Waals surface area (Å²) in [5.41, 5.74) is 4.03. The van der Waals surface area contributed by atoms with Crippen molar-refractivity contribution in [2.24, 2.45) is 0 Å². The zero-order valence-electron chi connectivity index (χ0n) is 24.7. The number of nitrogens with one attached hydrogen (secondary N) is 2. The van der Waals surface area contributed by atoms with Gasteiger partial charge in [-0.1, -0.05) is 12.0 Å². The third-order valence-electron chi connectivity index (χ3n) is 8.62. The van der Waals surface area contributed by atoms with Gasteiger partial charge < -0.3 is 15.1 Å². The molecule has 1 amide bonds. The highest BCUT2D eigenvalue weighted by Gasteiger charge is 2.41. The van der Waals surface area contributed by atoms with Crippen LogP contribution in [0.25, 0.3) is 22.2 Å². The van der Waals surface area contributed by atoms with Gasteiger partial charge in [-0.3, -0.25) is 14.8 Å². The Bertz CT molecular complexity index is 1640. The molecular weight excluding hydrogens is 518 g/mol. The van der Waals surface area contributed by atoms with Crippen molar-refractivity contribution in [3.8, 4) is 11.3 Å². The Morgan fingerprint density at radius 2 is 1.90 bits per heavy atom. The molecular formula is C29H37N11O. The molecule has 0 saturated carbocycles. The number of anilines is 3. The number of carbonyl (C=O) groups excluding carboxylic acids is 1. The van der Waals surface area contributed by atoms with Gasteiger partial charge in [0.05, 0.1) is 16.6 Å². The van der Waals surface area contributed by atoms with E-state index in [1.165, 1.54) is 0 Å². The number of carbonyl (C=O) groups is 1. The summed E-state index contributed by atoms with van der Waals surface area (Å²) in [5.74, 6) is 1.34. The van der Waals surface area contributed by atoms with Gasteiger partial charge in [0.25, 0.3) is 5.91 Å². The minimum atomic E-state index is -0.727. The Labute approximate surface area is 239 Å². The van der Waals surface area contributed by atoms with Gasteiger partial charge in [-0.15, -0.1) is 0 Å².